The van der Waals surface area contributed by atoms with E-state index in [1.807, 2.05) is 48.7 Å². The van der Waals surface area contributed by atoms with Gasteiger partial charge in [-0.05, 0) is 12.1 Å². The summed E-state index contributed by atoms with van der Waals surface area (Å²) >= 11 is 0. The van der Waals surface area contributed by atoms with E-state index in [1.165, 1.54) is 5.39 Å². The standard InChI is InChI=1S/C14H14N4/c1-18-10-16-8-12(18)9-17-14-4-2-3-11-7-15-6-5-13(11)14/h2-8,10,17H,9H2,1H3. The molecule has 4 nitrogen and oxygen atoms in total. The maximum Gasteiger partial charge on any atom is 0.0946 e. The molecule has 0 saturated heterocycles. The third-order valence-corrected chi connectivity index (χ3v) is 3.06. The van der Waals surface area contributed by atoms with Gasteiger partial charge in [0, 0.05) is 42.1 Å². The topological polar surface area (TPSA) is 42.7 Å². The third-order valence-electron chi connectivity index (χ3n) is 3.06. The summed E-state index contributed by atoms with van der Waals surface area (Å²) < 4.78 is 2.01. The minimum Gasteiger partial charge on any atom is -0.379 e. The van der Waals surface area contributed by atoms with Crippen LogP contribution in [0.4, 0.5) is 5.69 Å². The molecule has 0 radical (unpaired) electrons. The summed E-state index contributed by atoms with van der Waals surface area (Å²) in [6.07, 6.45) is 7.38. The van der Waals surface area contributed by atoms with Crippen LogP contribution in [0.2, 0.25) is 0 Å². The lowest BCUT2D eigenvalue weighted by Gasteiger charge is -2.09. The van der Waals surface area contributed by atoms with E-state index in [4.69, 9.17) is 0 Å². The molecule has 2 aromatic heterocycles. The van der Waals surface area contributed by atoms with Crippen molar-refractivity contribution in [2.75, 3.05) is 5.32 Å². The fraction of sp³-hybridized carbons (Fsp3) is 0.143. The summed E-state index contributed by atoms with van der Waals surface area (Å²) in [6.45, 7) is 0.762. The molecule has 0 bridgehead atoms. The van der Waals surface area contributed by atoms with Gasteiger partial charge in [0.2, 0.25) is 0 Å². The second-order valence-electron chi connectivity index (χ2n) is 4.25. The first kappa shape index (κ1) is 10.8. The number of imidazole rings is 1. The quantitative estimate of drug-likeness (QED) is 0.762. The Hall–Kier alpha value is -2.36. The molecule has 3 rings (SSSR count). The number of pyridine rings is 1. The minimum atomic E-state index is 0.762. The van der Waals surface area contributed by atoms with E-state index < -0.39 is 0 Å². The predicted molar refractivity (Wildman–Crippen MR) is 72.3 cm³/mol. The summed E-state index contributed by atoms with van der Waals surface area (Å²) in [5.74, 6) is 0. The van der Waals surface area contributed by atoms with Crippen molar-refractivity contribution in [1.29, 1.82) is 0 Å². The van der Waals surface area contributed by atoms with Crippen molar-refractivity contribution in [2.45, 2.75) is 6.54 Å². The van der Waals surface area contributed by atoms with Gasteiger partial charge >= 0.3 is 0 Å². The van der Waals surface area contributed by atoms with Gasteiger partial charge in [-0.3, -0.25) is 4.98 Å². The molecule has 1 aromatic carbocycles. The Morgan fingerprint density at radius 1 is 1.17 bits per heavy atom. The zero-order chi connectivity index (χ0) is 12.4. The normalized spacial score (nSPS) is 10.7. The van der Waals surface area contributed by atoms with Crippen LogP contribution in [0, 0.1) is 0 Å². The molecule has 0 aliphatic carbocycles. The van der Waals surface area contributed by atoms with E-state index in [1.54, 1.807) is 0 Å². The lowest BCUT2D eigenvalue weighted by molar-refractivity contribution is 0.838. The summed E-state index contributed by atoms with van der Waals surface area (Å²) in [6, 6.07) is 8.22. The Kier molecular flexibility index (Phi) is 2.68. The highest BCUT2D eigenvalue weighted by atomic mass is 15.0. The molecule has 0 amide bonds. The number of aryl methyl sites for hydroxylation is 1. The summed E-state index contributed by atoms with van der Waals surface area (Å²) in [5.41, 5.74) is 2.28. The highest BCUT2D eigenvalue weighted by molar-refractivity contribution is 5.93. The Labute approximate surface area is 105 Å². The second-order valence-corrected chi connectivity index (χ2v) is 4.25. The molecular weight excluding hydrogens is 224 g/mol. The molecule has 2 heterocycles. The lowest BCUT2D eigenvalue weighted by atomic mass is 10.1. The van der Waals surface area contributed by atoms with Gasteiger partial charge in [-0.25, -0.2) is 4.98 Å². The number of aromatic nitrogens is 3. The van der Waals surface area contributed by atoms with Crippen LogP contribution in [0.1, 0.15) is 5.69 Å². The fourth-order valence-corrected chi connectivity index (χ4v) is 2.02. The molecule has 3 aromatic rings. The van der Waals surface area contributed by atoms with Crippen molar-refractivity contribution >= 4 is 16.5 Å². The third kappa shape index (κ3) is 1.93. The number of nitrogens with one attached hydrogen (secondary N) is 1. The average molecular weight is 238 g/mol. The summed E-state index contributed by atoms with van der Waals surface area (Å²) in [4.78, 5) is 8.25. The Bertz CT molecular complexity index is 667. The van der Waals surface area contributed by atoms with E-state index in [0.29, 0.717) is 0 Å². The number of nitrogens with zero attached hydrogens (tertiary/aromatic N) is 3. The zero-order valence-corrected chi connectivity index (χ0v) is 10.2. The molecule has 0 atom stereocenters. The summed E-state index contributed by atoms with van der Waals surface area (Å²) in [5, 5.41) is 5.78. The van der Waals surface area contributed by atoms with Crippen LogP contribution in [0.5, 0.6) is 0 Å². The maximum absolute atomic E-state index is 4.14. The number of anilines is 1. The molecule has 0 unspecified atom stereocenters. The fourth-order valence-electron chi connectivity index (χ4n) is 2.02. The minimum absolute atomic E-state index is 0.762. The van der Waals surface area contributed by atoms with Crippen LogP contribution in [-0.4, -0.2) is 14.5 Å². The van der Waals surface area contributed by atoms with Crippen molar-refractivity contribution in [3.8, 4) is 0 Å². The first-order chi connectivity index (χ1) is 8.84. The van der Waals surface area contributed by atoms with E-state index in [2.05, 4.69) is 27.4 Å². The number of hydrogen-bond donors (Lipinski definition) is 1. The van der Waals surface area contributed by atoms with Crippen LogP contribution in [0.3, 0.4) is 0 Å². The smallest absolute Gasteiger partial charge is 0.0946 e. The van der Waals surface area contributed by atoms with Crippen molar-refractivity contribution < 1.29 is 0 Å². The first-order valence-corrected chi connectivity index (χ1v) is 5.86. The second kappa shape index (κ2) is 4.49. The van der Waals surface area contributed by atoms with Gasteiger partial charge in [0.05, 0.1) is 18.6 Å². The van der Waals surface area contributed by atoms with E-state index in [9.17, 15) is 0 Å². The molecule has 0 fully saturated rings. The number of fused-ring (bicyclic) bond motifs is 1. The van der Waals surface area contributed by atoms with Gasteiger partial charge in [0.1, 0.15) is 0 Å². The summed E-state index contributed by atoms with van der Waals surface area (Å²) in [7, 11) is 2.00. The molecule has 90 valence electrons. The molecular formula is C14H14N4. The van der Waals surface area contributed by atoms with Crippen LogP contribution in [-0.2, 0) is 13.6 Å². The number of hydrogen-bond acceptors (Lipinski definition) is 3. The molecule has 0 aliphatic heterocycles. The predicted octanol–water partition coefficient (Wildman–Crippen LogP) is 2.58. The number of benzene rings is 1. The first-order valence-electron chi connectivity index (χ1n) is 5.86. The van der Waals surface area contributed by atoms with Gasteiger partial charge < -0.3 is 9.88 Å². The van der Waals surface area contributed by atoms with Gasteiger partial charge in [0.25, 0.3) is 0 Å². The molecule has 0 spiro atoms. The SMILES string of the molecule is Cn1cncc1CNc1cccc2cnccc12. The molecule has 0 aliphatic rings. The highest BCUT2D eigenvalue weighted by Gasteiger charge is 2.02. The highest BCUT2D eigenvalue weighted by Crippen LogP contribution is 2.22. The Morgan fingerprint density at radius 2 is 2.11 bits per heavy atom. The van der Waals surface area contributed by atoms with Gasteiger partial charge in [-0.2, -0.15) is 0 Å². The van der Waals surface area contributed by atoms with E-state index >= 15 is 0 Å². The maximum atomic E-state index is 4.14. The molecule has 0 saturated carbocycles. The van der Waals surface area contributed by atoms with Crippen molar-refractivity contribution in [2.24, 2.45) is 7.05 Å². The molecule has 18 heavy (non-hydrogen) atoms. The van der Waals surface area contributed by atoms with Crippen LogP contribution < -0.4 is 5.32 Å². The van der Waals surface area contributed by atoms with Gasteiger partial charge in [0.15, 0.2) is 0 Å². The number of rotatable bonds is 3. The van der Waals surface area contributed by atoms with Gasteiger partial charge in [-0.1, -0.05) is 12.1 Å². The van der Waals surface area contributed by atoms with Gasteiger partial charge in [-0.15, -0.1) is 0 Å². The van der Waals surface area contributed by atoms with Crippen molar-refractivity contribution in [1.82, 2.24) is 14.5 Å². The zero-order valence-electron chi connectivity index (χ0n) is 10.2. The molecule has 4 heteroatoms. The van der Waals surface area contributed by atoms with E-state index in [-0.39, 0.29) is 0 Å². The van der Waals surface area contributed by atoms with Crippen LogP contribution >= 0.6 is 0 Å². The van der Waals surface area contributed by atoms with Crippen molar-refractivity contribution in [3.05, 3.63) is 54.9 Å². The largest absolute Gasteiger partial charge is 0.379 e. The van der Waals surface area contributed by atoms with Crippen LogP contribution in [0.25, 0.3) is 10.8 Å². The molecule has 1 N–H and O–H groups in total. The monoisotopic (exact) mass is 238 g/mol. The lowest BCUT2D eigenvalue weighted by Crippen LogP contribution is -2.04. The average Bonchev–Trinajstić information content (AvgIpc) is 2.82. The Balaban J connectivity index is 1.89. The van der Waals surface area contributed by atoms with Crippen LogP contribution in [0.15, 0.2) is 49.2 Å². The van der Waals surface area contributed by atoms with Crippen molar-refractivity contribution in [3.63, 3.8) is 0 Å². The Morgan fingerprint density at radius 3 is 2.94 bits per heavy atom. The van der Waals surface area contributed by atoms with E-state index in [0.717, 1.165) is 23.3 Å².